The molecule has 2 atom stereocenters. The molecule has 4 heteroatoms. The lowest BCUT2D eigenvalue weighted by Crippen LogP contribution is -2.22. The summed E-state index contributed by atoms with van der Waals surface area (Å²) in [5.74, 6) is 0. The van der Waals surface area contributed by atoms with Crippen LogP contribution in [-0.2, 0) is 0 Å². The van der Waals surface area contributed by atoms with Gasteiger partial charge in [-0.2, -0.15) is 0 Å². The van der Waals surface area contributed by atoms with Gasteiger partial charge in [0, 0.05) is 12.1 Å². The van der Waals surface area contributed by atoms with E-state index >= 15 is 0 Å². The molecular formula is C9H26N4. The van der Waals surface area contributed by atoms with Crippen LogP contribution in [0.3, 0.4) is 0 Å². The average Bonchev–Trinajstić information content (AvgIpc) is 2.05. The molecule has 0 fully saturated rings. The molecule has 8 N–H and O–H groups in total. The van der Waals surface area contributed by atoms with E-state index in [1.807, 2.05) is 6.92 Å². The van der Waals surface area contributed by atoms with Crippen LogP contribution in [0.25, 0.3) is 0 Å². The van der Waals surface area contributed by atoms with Crippen LogP contribution < -0.4 is 22.9 Å². The van der Waals surface area contributed by atoms with Crippen molar-refractivity contribution in [3.8, 4) is 0 Å². The summed E-state index contributed by atoms with van der Waals surface area (Å²) < 4.78 is 0. The zero-order chi connectivity index (χ0) is 10.7. The zero-order valence-electron chi connectivity index (χ0n) is 9.00. The van der Waals surface area contributed by atoms with E-state index in [9.17, 15) is 0 Å². The van der Waals surface area contributed by atoms with E-state index in [0.29, 0.717) is 12.6 Å². The SMILES string of the molecule is CC(N)CCN.CCC(N)CCN. The number of hydrogen-bond donors (Lipinski definition) is 4. The fraction of sp³-hybridized carbons (Fsp3) is 1.00. The van der Waals surface area contributed by atoms with Crippen molar-refractivity contribution in [3.63, 3.8) is 0 Å². The van der Waals surface area contributed by atoms with Crippen LogP contribution in [0.2, 0.25) is 0 Å². The largest absolute Gasteiger partial charge is 0.330 e. The first kappa shape index (κ1) is 15.3. The molecule has 0 aromatic heterocycles. The maximum absolute atomic E-state index is 5.50. The van der Waals surface area contributed by atoms with E-state index in [1.165, 1.54) is 0 Å². The van der Waals surface area contributed by atoms with Crippen molar-refractivity contribution in [2.24, 2.45) is 22.9 Å². The van der Waals surface area contributed by atoms with Crippen molar-refractivity contribution < 1.29 is 0 Å². The molecule has 13 heavy (non-hydrogen) atoms. The summed E-state index contributed by atoms with van der Waals surface area (Å²) in [5, 5.41) is 0. The van der Waals surface area contributed by atoms with Crippen LogP contribution >= 0.6 is 0 Å². The molecule has 4 nitrogen and oxygen atoms in total. The van der Waals surface area contributed by atoms with Gasteiger partial charge in [0.15, 0.2) is 0 Å². The topological polar surface area (TPSA) is 104 Å². The van der Waals surface area contributed by atoms with Gasteiger partial charge in [0.05, 0.1) is 0 Å². The quantitative estimate of drug-likeness (QED) is 0.480. The molecule has 2 unspecified atom stereocenters. The first-order chi connectivity index (χ1) is 6.08. The van der Waals surface area contributed by atoms with E-state index in [2.05, 4.69) is 6.92 Å². The molecule has 82 valence electrons. The number of rotatable bonds is 5. The highest BCUT2D eigenvalue weighted by Crippen LogP contribution is 1.88. The number of nitrogens with two attached hydrogens (primary N) is 4. The standard InChI is InChI=1S/C5H14N2.C4H12N2/c1-2-5(7)3-4-6;1-4(6)2-3-5/h5H,2-4,6-7H2,1H3;4H,2-3,5-6H2,1H3. The summed E-state index contributed by atoms with van der Waals surface area (Å²) in [6, 6.07) is 0.597. The zero-order valence-corrected chi connectivity index (χ0v) is 9.00. The molecule has 0 radical (unpaired) electrons. The Bertz CT molecular complexity index is 85.7. The summed E-state index contributed by atoms with van der Waals surface area (Å²) in [7, 11) is 0. The Morgan fingerprint density at radius 2 is 1.46 bits per heavy atom. The van der Waals surface area contributed by atoms with Gasteiger partial charge in [0.1, 0.15) is 0 Å². The molecule has 0 spiro atoms. The number of hydrogen-bond acceptors (Lipinski definition) is 4. The molecule has 0 aromatic rings. The van der Waals surface area contributed by atoms with Crippen molar-refractivity contribution in [1.82, 2.24) is 0 Å². The van der Waals surface area contributed by atoms with Gasteiger partial charge >= 0.3 is 0 Å². The first-order valence-corrected chi connectivity index (χ1v) is 4.99. The predicted molar refractivity (Wildman–Crippen MR) is 59.3 cm³/mol. The van der Waals surface area contributed by atoms with Crippen LogP contribution in [0, 0.1) is 0 Å². The van der Waals surface area contributed by atoms with Gasteiger partial charge in [-0.25, -0.2) is 0 Å². The van der Waals surface area contributed by atoms with Gasteiger partial charge < -0.3 is 22.9 Å². The third-order valence-corrected chi connectivity index (χ3v) is 1.68. The molecule has 0 saturated carbocycles. The first-order valence-electron chi connectivity index (χ1n) is 4.99. The Morgan fingerprint density at radius 3 is 1.54 bits per heavy atom. The van der Waals surface area contributed by atoms with E-state index in [1.54, 1.807) is 0 Å². The third kappa shape index (κ3) is 18.7. The Hall–Kier alpha value is -0.160. The Labute approximate surface area is 82.0 Å². The summed E-state index contributed by atoms with van der Waals surface area (Å²) in [6.45, 7) is 5.44. The Balaban J connectivity index is 0. The summed E-state index contributed by atoms with van der Waals surface area (Å²) in [5.41, 5.74) is 21.2. The minimum absolute atomic E-state index is 0.273. The normalized spacial score (nSPS) is 14.3. The van der Waals surface area contributed by atoms with Crippen molar-refractivity contribution in [2.45, 2.75) is 45.2 Å². The molecule has 0 bridgehead atoms. The van der Waals surface area contributed by atoms with Crippen LogP contribution in [0.4, 0.5) is 0 Å². The van der Waals surface area contributed by atoms with Crippen molar-refractivity contribution in [1.29, 1.82) is 0 Å². The van der Waals surface area contributed by atoms with Gasteiger partial charge in [0.25, 0.3) is 0 Å². The highest BCUT2D eigenvalue weighted by Gasteiger charge is 1.92. The smallest absolute Gasteiger partial charge is 0.00482 e. The fourth-order valence-electron chi connectivity index (χ4n) is 0.681. The molecule has 0 aliphatic carbocycles. The molecule has 0 aromatic carbocycles. The Kier molecular flexibility index (Phi) is 14.0. The second-order valence-corrected chi connectivity index (χ2v) is 3.30. The molecular weight excluding hydrogens is 164 g/mol. The predicted octanol–water partition coefficient (Wildman–Crippen LogP) is -0.245. The van der Waals surface area contributed by atoms with E-state index in [-0.39, 0.29) is 6.04 Å². The van der Waals surface area contributed by atoms with Gasteiger partial charge in [-0.1, -0.05) is 6.92 Å². The third-order valence-electron chi connectivity index (χ3n) is 1.68. The summed E-state index contributed by atoms with van der Waals surface area (Å²) in [6.07, 6.45) is 2.92. The fourth-order valence-corrected chi connectivity index (χ4v) is 0.681. The van der Waals surface area contributed by atoms with Crippen LogP contribution in [-0.4, -0.2) is 25.2 Å². The highest BCUT2D eigenvalue weighted by molar-refractivity contribution is 4.56. The van der Waals surface area contributed by atoms with Gasteiger partial charge in [-0.05, 0) is 39.3 Å². The van der Waals surface area contributed by atoms with E-state index in [0.717, 1.165) is 25.8 Å². The van der Waals surface area contributed by atoms with Crippen molar-refractivity contribution in [3.05, 3.63) is 0 Å². The molecule has 0 aliphatic rings. The molecule has 0 aliphatic heterocycles. The molecule has 0 rings (SSSR count). The molecule has 0 heterocycles. The lowest BCUT2D eigenvalue weighted by molar-refractivity contribution is 0.604. The van der Waals surface area contributed by atoms with Crippen LogP contribution in [0.1, 0.15) is 33.1 Å². The molecule has 0 amide bonds. The Morgan fingerprint density at radius 1 is 1.00 bits per heavy atom. The second kappa shape index (κ2) is 11.8. The van der Waals surface area contributed by atoms with E-state index < -0.39 is 0 Å². The van der Waals surface area contributed by atoms with Crippen LogP contribution in [0.5, 0.6) is 0 Å². The maximum atomic E-state index is 5.50. The minimum Gasteiger partial charge on any atom is -0.330 e. The highest BCUT2D eigenvalue weighted by atomic mass is 14.6. The summed E-state index contributed by atoms with van der Waals surface area (Å²) >= 11 is 0. The van der Waals surface area contributed by atoms with Crippen molar-refractivity contribution >= 4 is 0 Å². The van der Waals surface area contributed by atoms with Crippen LogP contribution in [0.15, 0.2) is 0 Å². The van der Waals surface area contributed by atoms with E-state index in [4.69, 9.17) is 22.9 Å². The van der Waals surface area contributed by atoms with Gasteiger partial charge in [-0.15, -0.1) is 0 Å². The molecule has 0 saturated heterocycles. The lowest BCUT2D eigenvalue weighted by Gasteiger charge is -2.03. The van der Waals surface area contributed by atoms with Crippen molar-refractivity contribution in [2.75, 3.05) is 13.1 Å². The monoisotopic (exact) mass is 190 g/mol. The van der Waals surface area contributed by atoms with Gasteiger partial charge in [-0.3, -0.25) is 0 Å². The average molecular weight is 190 g/mol. The van der Waals surface area contributed by atoms with Gasteiger partial charge in [0.2, 0.25) is 0 Å². The maximum Gasteiger partial charge on any atom is 0.00482 e. The second-order valence-electron chi connectivity index (χ2n) is 3.30. The minimum atomic E-state index is 0.273. The summed E-state index contributed by atoms with van der Waals surface area (Å²) in [4.78, 5) is 0. The lowest BCUT2D eigenvalue weighted by atomic mass is 10.2.